The number of aromatic nitrogens is 2. The van der Waals surface area contributed by atoms with Gasteiger partial charge < -0.3 is 10.1 Å². The first-order chi connectivity index (χ1) is 14.5. The van der Waals surface area contributed by atoms with E-state index >= 15 is 0 Å². The van der Waals surface area contributed by atoms with Crippen molar-refractivity contribution >= 4 is 51.4 Å². The first-order valence-electron chi connectivity index (χ1n) is 9.25. The summed E-state index contributed by atoms with van der Waals surface area (Å²) in [4.78, 5) is 22.1. The highest BCUT2D eigenvalue weighted by Gasteiger charge is 2.42. The number of halogens is 2. The highest BCUT2D eigenvalue weighted by molar-refractivity contribution is 6.42. The summed E-state index contributed by atoms with van der Waals surface area (Å²) < 4.78 is 0. The van der Waals surface area contributed by atoms with Gasteiger partial charge in [-0.3, -0.25) is 9.69 Å². The Morgan fingerprint density at radius 1 is 0.967 bits per heavy atom. The summed E-state index contributed by atoms with van der Waals surface area (Å²) in [7, 11) is 0. The molecule has 0 aliphatic carbocycles. The van der Waals surface area contributed by atoms with E-state index in [0.717, 1.165) is 22.2 Å². The average molecular weight is 436 g/mol. The minimum absolute atomic E-state index is 0.292. The third-order valence-electron chi connectivity index (χ3n) is 5.24. The number of hydrogen-bond acceptors (Lipinski definition) is 3. The number of benzene rings is 3. The van der Waals surface area contributed by atoms with Crippen LogP contribution in [0.1, 0.15) is 17.2 Å². The fraction of sp³-hybridized carbons (Fsp3) is 0.0435. The lowest BCUT2D eigenvalue weighted by molar-refractivity contribution is -0.117. The van der Waals surface area contributed by atoms with Crippen molar-refractivity contribution < 1.29 is 9.90 Å². The SMILES string of the molecule is O=C1C(O)=C(c2ccccc2)C(c2ccc(Cl)c(Cl)c2)N1c1ccc2[nH]cnc2c1. The zero-order chi connectivity index (χ0) is 20.8. The van der Waals surface area contributed by atoms with Crippen LogP contribution >= 0.6 is 23.2 Å². The second-order valence-corrected chi connectivity index (χ2v) is 7.80. The third-order valence-corrected chi connectivity index (χ3v) is 5.97. The summed E-state index contributed by atoms with van der Waals surface area (Å²) in [6.45, 7) is 0. The van der Waals surface area contributed by atoms with Crippen LogP contribution in [0.5, 0.6) is 0 Å². The van der Waals surface area contributed by atoms with Crippen LogP contribution in [0.4, 0.5) is 5.69 Å². The van der Waals surface area contributed by atoms with Crippen molar-refractivity contribution in [1.29, 1.82) is 0 Å². The van der Waals surface area contributed by atoms with E-state index in [4.69, 9.17) is 23.2 Å². The molecule has 1 amide bonds. The molecule has 0 fully saturated rings. The van der Waals surface area contributed by atoms with Gasteiger partial charge in [-0.05, 0) is 41.5 Å². The van der Waals surface area contributed by atoms with Gasteiger partial charge in [-0.25, -0.2) is 4.98 Å². The quantitative estimate of drug-likeness (QED) is 0.419. The van der Waals surface area contributed by atoms with Crippen LogP contribution in [0, 0.1) is 0 Å². The molecule has 1 aromatic heterocycles. The summed E-state index contributed by atoms with van der Waals surface area (Å²) in [6.07, 6.45) is 1.60. The summed E-state index contributed by atoms with van der Waals surface area (Å²) in [5, 5.41) is 11.7. The van der Waals surface area contributed by atoms with E-state index in [1.807, 2.05) is 54.6 Å². The molecule has 4 aromatic rings. The Kier molecular flexibility index (Phi) is 4.50. The van der Waals surface area contributed by atoms with Gasteiger partial charge in [0, 0.05) is 11.3 Å². The van der Waals surface area contributed by atoms with Crippen molar-refractivity contribution in [1.82, 2.24) is 9.97 Å². The summed E-state index contributed by atoms with van der Waals surface area (Å²) in [6, 6.07) is 19.5. The molecule has 0 radical (unpaired) electrons. The summed E-state index contributed by atoms with van der Waals surface area (Å²) in [5.41, 5.74) is 4.21. The predicted molar refractivity (Wildman–Crippen MR) is 119 cm³/mol. The van der Waals surface area contributed by atoms with E-state index in [2.05, 4.69) is 9.97 Å². The molecule has 0 spiro atoms. The van der Waals surface area contributed by atoms with Crippen LogP contribution in [0.3, 0.4) is 0 Å². The molecule has 1 aliphatic rings. The number of carbonyl (C=O) groups excluding carboxylic acids is 1. The van der Waals surface area contributed by atoms with Crippen LogP contribution in [0.25, 0.3) is 16.6 Å². The van der Waals surface area contributed by atoms with Crippen molar-refractivity contribution in [2.75, 3.05) is 4.90 Å². The molecule has 0 bridgehead atoms. The molecule has 0 saturated carbocycles. The van der Waals surface area contributed by atoms with Crippen molar-refractivity contribution in [3.05, 3.63) is 100.0 Å². The number of H-pyrrole nitrogens is 1. The number of imidazole rings is 1. The lowest BCUT2D eigenvalue weighted by atomic mass is 9.93. The van der Waals surface area contributed by atoms with Crippen molar-refractivity contribution in [3.8, 4) is 0 Å². The Hall–Kier alpha value is -3.28. The highest BCUT2D eigenvalue weighted by atomic mass is 35.5. The van der Waals surface area contributed by atoms with E-state index in [9.17, 15) is 9.90 Å². The lowest BCUT2D eigenvalue weighted by Gasteiger charge is -2.27. The Labute approximate surface area is 182 Å². The van der Waals surface area contributed by atoms with Crippen LogP contribution < -0.4 is 4.90 Å². The van der Waals surface area contributed by atoms with Crippen molar-refractivity contribution in [3.63, 3.8) is 0 Å². The molecule has 148 valence electrons. The zero-order valence-corrected chi connectivity index (χ0v) is 17.0. The minimum Gasteiger partial charge on any atom is -0.503 e. The second kappa shape index (κ2) is 7.20. The molecular formula is C23H15Cl2N3O2. The number of aromatic amines is 1. The van der Waals surface area contributed by atoms with Gasteiger partial charge in [0.25, 0.3) is 5.91 Å². The van der Waals surface area contributed by atoms with Gasteiger partial charge in [-0.2, -0.15) is 0 Å². The topological polar surface area (TPSA) is 69.2 Å². The fourth-order valence-corrected chi connectivity index (χ4v) is 4.16. The molecule has 2 N–H and O–H groups in total. The maximum Gasteiger partial charge on any atom is 0.294 e. The van der Waals surface area contributed by atoms with E-state index < -0.39 is 11.9 Å². The monoisotopic (exact) mass is 435 g/mol. The number of rotatable bonds is 3. The van der Waals surface area contributed by atoms with Gasteiger partial charge in [-0.1, -0.05) is 59.6 Å². The molecule has 0 saturated heterocycles. The zero-order valence-electron chi connectivity index (χ0n) is 15.5. The maximum absolute atomic E-state index is 13.2. The predicted octanol–water partition coefficient (Wildman–Crippen LogP) is 5.93. The van der Waals surface area contributed by atoms with Crippen LogP contribution in [0.2, 0.25) is 10.0 Å². The maximum atomic E-state index is 13.2. The number of fused-ring (bicyclic) bond motifs is 1. The van der Waals surface area contributed by atoms with Crippen LogP contribution in [-0.2, 0) is 4.79 Å². The smallest absolute Gasteiger partial charge is 0.294 e. The highest BCUT2D eigenvalue weighted by Crippen LogP contribution is 2.46. The number of nitrogens with one attached hydrogen (secondary N) is 1. The van der Waals surface area contributed by atoms with Gasteiger partial charge in [0.1, 0.15) is 0 Å². The Balaban J connectivity index is 1.72. The number of carbonyl (C=O) groups is 1. The minimum atomic E-state index is -0.578. The third kappa shape index (κ3) is 2.95. The van der Waals surface area contributed by atoms with E-state index in [1.165, 1.54) is 0 Å². The average Bonchev–Trinajstić information content (AvgIpc) is 3.33. The van der Waals surface area contributed by atoms with Crippen LogP contribution in [-0.4, -0.2) is 21.0 Å². The van der Waals surface area contributed by atoms with E-state index in [-0.39, 0.29) is 5.76 Å². The largest absolute Gasteiger partial charge is 0.503 e. The first-order valence-corrected chi connectivity index (χ1v) is 10.0. The van der Waals surface area contributed by atoms with Crippen molar-refractivity contribution in [2.45, 2.75) is 6.04 Å². The Morgan fingerprint density at radius 3 is 2.53 bits per heavy atom. The fourth-order valence-electron chi connectivity index (χ4n) is 3.85. The standard InChI is InChI=1S/C23H15Cl2N3O2/c24-16-8-6-14(10-17(16)25)21-20(13-4-2-1-3-5-13)22(29)23(30)28(21)15-7-9-18-19(11-15)27-12-26-18/h1-12,21,29H,(H,26,27). The number of hydrogen-bond donors (Lipinski definition) is 2. The van der Waals surface area contributed by atoms with Gasteiger partial charge in [0.15, 0.2) is 5.76 Å². The summed E-state index contributed by atoms with van der Waals surface area (Å²) in [5.74, 6) is -0.779. The Morgan fingerprint density at radius 2 is 1.77 bits per heavy atom. The lowest BCUT2D eigenvalue weighted by Crippen LogP contribution is -2.30. The van der Waals surface area contributed by atoms with Gasteiger partial charge in [-0.15, -0.1) is 0 Å². The Bertz CT molecular complexity index is 1310. The first kappa shape index (κ1) is 18.7. The number of anilines is 1. The molecule has 7 heteroatoms. The van der Waals surface area contributed by atoms with Gasteiger partial charge in [0.05, 0.1) is 33.4 Å². The van der Waals surface area contributed by atoms with Gasteiger partial charge >= 0.3 is 0 Å². The molecular weight excluding hydrogens is 421 g/mol. The van der Waals surface area contributed by atoms with Crippen LogP contribution in [0.15, 0.2) is 78.8 Å². The molecule has 1 atom stereocenters. The molecule has 5 rings (SSSR count). The molecule has 5 nitrogen and oxygen atoms in total. The molecule has 30 heavy (non-hydrogen) atoms. The number of amides is 1. The molecule has 2 heterocycles. The van der Waals surface area contributed by atoms with Crippen molar-refractivity contribution in [2.24, 2.45) is 0 Å². The second-order valence-electron chi connectivity index (χ2n) is 6.98. The molecule has 3 aromatic carbocycles. The molecule has 1 unspecified atom stereocenters. The normalized spacial score (nSPS) is 16.7. The number of aliphatic hydroxyl groups is 1. The number of nitrogens with zero attached hydrogens (tertiary/aromatic N) is 2. The van der Waals surface area contributed by atoms with Gasteiger partial charge in [0.2, 0.25) is 0 Å². The number of aliphatic hydroxyl groups excluding tert-OH is 1. The van der Waals surface area contributed by atoms with E-state index in [0.29, 0.717) is 21.3 Å². The van der Waals surface area contributed by atoms with E-state index in [1.54, 1.807) is 23.4 Å². The summed E-state index contributed by atoms with van der Waals surface area (Å²) >= 11 is 12.4. The molecule has 1 aliphatic heterocycles.